The minimum absolute atomic E-state index is 0. The molecule has 0 heterocycles. The van der Waals surface area contributed by atoms with E-state index in [-0.39, 0.29) is 22.3 Å². The van der Waals surface area contributed by atoms with Crippen LogP contribution in [0.2, 0.25) is 0 Å². The summed E-state index contributed by atoms with van der Waals surface area (Å²) in [7, 11) is -4.05. The molecule has 0 bridgehead atoms. The lowest BCUT2D eigenvalue weighted by molar-refractivity contribution is 0.482. The molecule has 0 saturated carbocycles. The number of benzene rings is 1. The van der Waals surface area contributed by atoms with Gasteiger partial charge in [-0.2, -0.15) is 8.42 Å². The van der Waals surface area contributed by atoms with Crippen LogP contribution in [0.25, 0.3) is 0 Å². The third-order valence-electron chi connectivity index (χ3n) is 1.61. The Morgan fingerprint density at radius 3 is 2.15 bits per heavy atom. The van der Waals surface area contributed by atoms with Gasteiger partial charge >= 0.3 is 0 Å². The predicted octanol–water partition coefficient (Wildman–Crippen LogP) is 1.17. The van der Waals surface area contributed by atoms with E-state index in [0.29, 0.717) is 5.56 Å². The van der Waals surface area contributed by atoms with Gasteiger partial charge < -0.3 is 0 Å². The molecular weight excluding hydrogens is 203 g/mol. The average molecular weight is 213 g/mol. The third-order valence-corrected chi connectivity index (χ3v) is 2.62. The zero-order chi connectivity index (χ0) is 9.35. The van der Waals surface area contributed by atoms with Gasteiger partial charge in [-0.1, -0.05) is 17.7 Å². The van der Waals surface area contributed by atoms with Crippen LogP contribution in [0.3, 0.4) is 0 Å². The van der Waals surface area contributed by atoms with Gasteiger partial charge in [-0.05, 0) is 25.5 Å². The Kier molecular flexibility index (Phi) is 4.14. The van der Waals surface area contributed by atoms with Crippen LogP contribution in [-0.4, -0.2) is 30.3 Å². The lowest BCUT2D eigenvalue weighted by Gasteiger charge is -2.02. The van der Waals surface area contributed by atoms with Gasteiger partial charge in [0.1, 0.15) is 0 Å². The summed E-state index contributed by atoms with van der Waals surface area (Å²) in [5, 5.41) is 0. The Morgan fingerprint density at radius 1 is 1.23 bits per heavy atom. The van der Waals surface area contributed by atoms with E-state index in [2.05, 4.69) is 0 Å². The second-order valence-corrected chi connectivity index (χ2v) is 4.13. The van der Waals surface area contributed by atoms with Crippen molar-refractivity contribution in [3.8, 4) is 0 Å². The molecule has 0 fully saturated rings. The van der Waals surface area contributed by atoms with Crippen LogP contribution in [0.4, 0.5) is 0 Å². The van der Waals surface area contributed by atoms with Crippen LogP contribution in [0.5, 0.6) is 0 Å². The van der Waals surface area contributed by atoms with Crippen molar-refractivity contribution in [1.29, 1.82) is 0 Å². The normalized spacial score (nSPS) is 10.7. The Bertz CT molecular complexity index is 398. The monoisotopic (exact) mass is 213 g/mol. The first-order valence-electron chi connectivity index (χ1n) is 3.46. The van der Waals surface area contributed by atoms with Crippen LogP contribution in [0.15, 0.2) is 23.1 Å². The molecule has 1 aromatic rings. The summed E-state index contributed by atoms with van der Waals surface area (Å²) < 4.78 is 30.2. The Balaban J connectivity index is 0.00000144. The van der Waals surface area contributed by atoms with E-state index in [1.807, 2.05) is 6.92 Å². The van der Waals surface area contributed by atoms with Crippen molar-refractivity contribution in [2.75, 3.05) is 0 Å². The maximum atomic E-state index is 10.7. The van der Waals surface area contributed by atoms with E-state index in [1.54, 1.807) is 19.1 Å². The van der Waals surface area contributed by atoms with Crippen LogP contribution in [0, 0.1) is 13.8 Å². The van der Waals surface area contributed by atoms with Gasteiger partial charge in [0, 0.05) is 17.4 Å². The Morgan fingerprint density at radius 2 is 1.77 bits per heavy atom. The molecule has 0 amide bonds. The molecule has 0 aliphatic rings. The lowest BCUT2D eigenvalue weighted by atomic mass is 10.2. The summed E-state index contributed by atoms with van der Waals surface area (Å²) in [4.78, 5) is -0.0203. The van der Waals surface area contributed by atoms with Gasteiger partial charge in [0.2, 0.25) is 0 Å². The smallest absolute Gasteiger partial charge is 0.282 e. The fraction of sp³-hybridized carbons (Fsp3) is 0.250. The van der Waals surface area contributed by atoms with Crippen molar-refractivity contribution in [3.63, 3.8) is 0 Å². The summed E-state index contributed by atoms with van der Waals surface area (Å²) in [6.07, 6.45) is 0. The van der Waals surface area contributed by atoms with Crippen LogP contribution in [-0.2, 0) is 10.1 Å². The summed E-state index contributed by atoms with van der Waals surface area (Å²) in [6, 6.07) is 4.76. The lowest BCUT2D eigenvalue weighted by Crippen LogP contribution is -2.00. The molecule has 0 aromatic heterocycles. The minimum Gasteiger partial charge on any atom is -0.282 e. The number of rotatable bonds is 1. The number of hydrogen-bond donors (Lipinski definition) is 1. The highest BCUT2D eigenvalue weighted by Crippen LogP contribution is 2.15. The molecule has 3 radical (unpaired) electrons. The second kappa shape index (κ2) is 4.25. The van der Waals surface area contributed by atoms with Crippen molar-refractivity contribution in [1.82, 2.24) is 0 Å². The molecule has 0 spiro atoms. The van der Waals surface area contributed by atoms with Crippen LogP contribution < -0.4 is 0 Å². The molecule has 3 nitrogen and oxygen atoms in total. The van der Waals surface area contributed by atoms with E-state index >= 15 is 0 Å². The van der Waals surface area contributed by atoms with E-state index in [1.165, 1.54) is 6.07 Å². The molecule has 0 saturated heterocycles. The minimum atomic E-state index is -4.05. The van der Waals surface area contributed by atoms with Crippen molar-refractivity contribution >= 4 is 27.5 Å². The molecule has 1 aromatic carbocycles. The van der Waals surface area contributed by atoms with Crippen molar-refractivity contribution in [2.45, 2.75) is 18.7 Å². The van der Waals surface area contributed by atoms with E-state index in [0.717, 1.165) is 5.56 Å². The van der Waals surface area contributed by atoms with Gasteiger partial charge in [0.25, 0.3) is 10.1 Å². The molecule has 0 atom stereocenters. The first-order chi connectivity index (χ1) is 5.41. The van der Waals surface area contributed by atoms with Crippen LogP contribution in [0.1, 0.15) is 11.1 Å². The second-order valence-electron chi connectivity index (χ2n) is 2.74. The molecule has 0 unspecified atom stereocenters. The molecule has 69 valence electrons. The predicted molar refractivity (Wildman–Crippen MR) is 51.5 cm³/mol. The maximum Gasteiger partial charge on any atom is 0.294 e. The fourth-order valence-electron chi connectivity index (χ4n) is 1.09. The van der Waals surface area contributed by atoms with Gasteiger partial charge in [-0.3, -0.25) is 4.55 Å². The standard InChI is InChI=1S/C8H10O3S.Al/c1-6-3-4-8(7(2)5-6)12(9,10)11;/h3-5H,1-2H3,(H,9,10,11);. The van der Waals surface area contributed by atoms with E-state index in [9.17, 15) is 8.42 Å². The summed E-state index contributed by atoms with van der Waals surface area (Å²) in [5.74, 6) is 0. The number of hydrogen-bond acceptors (Lipinski definition) is 2. The van der Waals surface area contributed by atoms with Gasteiger partial charge in [0.05, 0.1) is 4.90 Å². The molecule has 13 heavy (non-hydrogen) atoms. The largest absolute Gasteiger partial charge is 0.294 e. The molecule has 1 rings (SSSR count). The molecule has 0 aliphatic heterocycles. The Labute approximate surface area is 88.7 Å². The zero-order valence-corrected chi connectivity index (χ0v) is 9.45. The van der Waals surface area contributed by atoms with Gasteiger partial charge in [-0.25, -0.2) is 0 Å². The fourth-order valence-corrected chi connectivity index (χ4v) is 1.79. The Hall–Kier alpha value is -0.338. The summed E-state index contributed by atoms with van der Waals surface area (Å²) >= 11 is 0. The van der Waals surface area contributed by atoms with Crippen molar-refractivity contribution in [3.05, 3.63) is 29.3 Å². The van der Waals surface area contributed by atoms with E-state index < -0.39 is 10.1 Å². The zero-order valence-electron chi connectivity index (χ0n) is 7.48. The average Bonchev–Trinajstić information content (AvgIpc) is 1.83. The molecule has 0 aliphatic carbocycles. The SMILES string of the molecule is Cc1ccc(S(=O)(=O)O)c(C)c1.[Al]. The highest BCUT2D eigenvalue weighted by atomic mass is 32.2. The maximum absolute atomic E-state index is 10.7. The summed E-state index contributed by atoms with van der Waals surface area (Å²) in [6.45, 7) is 3.51. The van der Waals surface area contributed by atoms with Gasteiger partial charge in [-0.15, -0.1) is 0 Å². The molecular formula is C8H10AlO3S. The highest BCUT2D eigenvalue weighted by Gasteiger charge is 2.11. The summed E-state index contributed by atoms with van der Waals surface area (Å²) in [5.41, 5.74) is 1.54. The molecule has 1 N–H and O–H groups in total. The number of aryl methyl sites for hydroxylation is 2. The first kappa shape index (κ1) is 12.7. The molecule has 5 heteroatoms. The topological polar surface area (TPSA) is 54.4 Å². The first-order valence-corrected chi connectivity index (χ1v) is 4.90. The quantitative estimate of drug-likeness (QED) is 0.562. The highest BCUT2D eigenvalue weighted by molar-refractivity contribution is 7.85. The third kappa shape index (κ3) is 3.13. The van der Waals surface area contributed by atoms with Crippen LogP contribution >= 0.6 is 0 Å². The van der Waals surface area contributed by atoms with Crippen molar-refractivity contribution in [2.24, 2.45) is 0 Å². The van der Waals surface area contributed by atoms with Gasteiger partial charge in [0.15, 0.2) is 0 Å². The van der Waals surface area contributed by atoms with E-state index in [4.69, 9.17) is 4.55 Å². The van der Waals surface area contributed by atoms with Crippen molar-refractivity contribution < 1.29 is 13.0 Å².